The van der Waals surface area contributed by atoms with Gasteiger partial charge in [0.15, 0.2) is 5.65 Å². The van der Waals surface area contributed by atoms with E-state index in [9.17, 15) is 9.59 Å². The number of pyridine rings is 1. The summed E-state index contributed by atoms with van der Waals surface area (Å²) in [5.74, 6) is -1.14. The van der Waals surface area contributed by atoms with Crippen molar-refractivity contribution in [2.24, 2.45) is 5.41 Å². The maximum absolute atomic E-state index is 15.2. The number of rotatable bonds is 13. The van der Waals surface area contributed by atoms with Gasteiger partial charge in [-0.05, 0) is 81.8 Å². The zero-order chi connectivity index (χ0) is 36.8. The monoisotopic (exact) mass is 712 g/mol. The van der Waals surface area contributed by atoms with Gasteiger partial charge in [0.1, 0.15) is 11.2 Å². The van der Waals surface area contributed by atoms with E-state index in [1.807, 2.05) is 42.9 Å². The first-order chi connectivity index (χ1) is 25.1. The lowest BCUT2D eigenvalue weighted by Gasteiger charge is -2.31. The van der Waals surface area contributed by atoms with E-state index in [1.54, 1.807) is 26.0 Å². The predicted molar refractivity (Wildman–Crippen MR) is 202 cm³/mol. The first-order valence-corrected chi connectivity index (χ1v) is 18.7. The summed E-state index contributed by atoms with van der Waals surface area (Å²) in [7, 11) is 0. The number of ether oxygens (including phenoxy) is 1. The van der Waals surface area contributed by atoms with Crippen molar-refractivity contribution in [3.8, 4) is 11.1 Å². The van der Waals surface area contributed by atoms with Crippen molar-refractivity contribution in [2.75, 3.05) is 38.2 Å². The molecule has 0 aliphatic carbocycles. The Morgan fingerprint density at radius 2 is 1.81 bits per heavy atom. The number of aromatic nitrogens is 3. The molecule has 52 heavy (non-hydrogen) atoms. The van der Waals surface area contributed by atoms with Crippen LogP contribution in [0.4, 0.5) is 10.1 Å². The molecule has 0 unspecified atom stereocenters. The Morgan fingerprint density at radius 1 is 1.04 bits per heavy atom. The Labute approximate surface area is 306 Å². The number of piperazine rings is 1. The fourth-order valence-corrected chi connectivity index (χ4v) is 7.15. The number of amides is 2. The van der Waals surface area contributed by atoms with Gasteiger partial charge in [-0.25, -0.2) is 14.1 Å². The van der Waals surface area contributed by atoms with Crippen LogP contribution in [0.5, 0.6) is 0 Å². The van der Waals surface area contributed by atoms with Crippen molar-refractivity contribution in [1.82, 2.24) is 35.6 Å². The standard InChI is InChI=1S/C40H53FN8O3/c1-6-35-32(36(46-30-13-17-52-18-14-30)33-23-45-49(7-2)37(33)47-35)22-44-39(51)40(4,5)38(50)43-21-27-11-12-34(41)31(20-27)29-10-8-9-28(19-29)25-48-16-15-42-26(3)24-48/h8-12,19-20,23,26,30,42H,6-7,13-18,21-22,24-25H2,1-5H3,(H,43,50)(H,44,51)(H,46,47)/t26-/m0/s1. The van der Waals surface area contributed by atoms with Gasteiger partial charge >= 0.3 is 0 Å². The zero-order valence-corrected chi connectivity index (χ0v) is 31.2. The van der Waals surface area contributed by atoms with Crippen LogP contribution in [-0.2, 0) is 46.9 Å². The molecule has 278 valence electrons. The SMILES string of the molecule is CCc1nc2c(cnn2CC)c(NC2CCOCC2)c1CNC(=O)C(C)(C)C(=O)NCc1ccc(F)c(-c2cccc(CN3CCN[C@@H](C)C3)c2)c1. The Bertz CT molecular complexity index is 1890. The lowest BCUT2D eigenvalue weighted by molar-refractivity contribution is -0.141. The molecule has 4 aromatic rings. The Hall–Kier alpha value is -4.39. The molecule has 2 amide bonds. The summed E-state index contributed by atoms with van der Waals surface area (Å²) in [5.41, 5.74) is 5.26. The number of nitrogens with zero attached hydrogens (tertiary/aromatic N) is 4. The first kappa shape index (κ1) is 37.4. The van der Waals surface area contributed by atoms with Crippen LogP contribution in [0.15, 0.2) is 48.7 Å². The maximum atomic E-state index is 15.2. The van der Waals surface area contributed by atoms with Gasteiger partial charge in [-0.2, -0.15) is 5.10 Å². The number of anilines is 1. The Morgan fingerprint density at radius 3 is 2.54 bits per heavy atom. The molecule has 2 aromatic heterocycles. The van der Waals surface area contributed by atoms with Crippen LogP contribution in [-0.4, -0.2) is 76.4 Å². The minimum absolute atomic E-state index is 0.155. The minimum Gasteiger partial charge on any atom is -0.381 e. The van der Waals surface area contributed by atoms with E-state index in [0.717, 1.165) is 83.7 Å². The van der Waals surface area contributed by atoms with Crippen LogP contribution in [0, 0.1) is 11.2 Å². The second kappa shape index (κ2) is 16.5. The van der Waals surface area contributed by atoms with Crippen molar-refractivity contribution in [2.45, 2.75) is 92.1 Å². The lowest BCUT2D eigenvalue weighted by atomic mass is 9.90. The highest BCUT2D eigenvalue weighted by atomic mass is 19.1. The van der Waals surface area contributed by atoms with Crippen molar-refractivity contribution >= 4 is 28.5 Å². The maximum Gasteiger partial charge on any atom is 0.235 e. The van der Waals surface area contributed by atoms with Crippen LogP contribution in [0.1, 0.15) is 69.8 Å². The molecule has 2 saturated heterocycles. The molecule has 12 heteroatoms. The smallest absolute Gasteiger partial charge is 0.235 e. The van der Waals surface area contributed by atoms with Crippen LogP contribution in [0.25, 0.3) is 22.2 Å². The topological polar surface area (TPSA) is 125 Å². The predicted octanol–water partition coefficient (Wildman–Crippen LogP) is 5.16. The molecule has 2 fully saturated rings. The molecule has 0 radical (unpaired) electrons. The molecule has 4 heterocycles. The molecule has 2 aliphatic heterocycles. The molecule has 0 bridgehead atoms. The van der Waals surface area contributed by atoms with Gasteiger partial charge in [-0.15, -0.1) is 0 Å². The summed E-state index contributed by atoms with van der Waals surface area (Å²) in [6.45, 7) is 15.6. The van der Waals surface area contributed by atoms with Gasteiger partial charge in [0, 0.05) is 87.9 Å². The molecule has 2 aromatic carbocycles. The number of carbonyl (C=O) groups excluding carboxylic acids is 2. The van der Waals surface area contributed by atoms with Crippen molar-refractivity contribution in [3.05, 3.63) is 76.9 Å². The normalized spacial score (nSPS) is 17.3. The van der Waals surface area contributed by atoms with Crippen LogP contribution in [0.2, 0.25) is 0 Å². The number of hydrogen-bond donors (Lipinski definition) is 4. The number of fused-ring (bicyclic) bond motifs is 1. The summed E-state index contributed by atoms with van der Waals surface area (Å²) in [4.78, 5) is 34.6. The van der Waals surface area contributed by atoms with Gasteiger partial charge in [0.05, 0.1) is 17.3 Å². The van der Waals surface area contributed by atoms with Gasteiger partial charge in [-0.1, -0.05) is 31.2 Å². The fraction of sp³-hybridized carbons (Fsp3) is 0.500. The van der Waals surface area contributed by atoms with E-state index >= 15 is 4.39 Å². The third-order valence-corrected chi connectivity index (χ3v) is 10.3. The van der Waals surface area contributed by atoms with E-state index in [4.69, 9.17) is 9.72 Å². The van der Waals surface area contributed by atoms with Crippen LogP contribution >= 0.6 is 0 Å². The summed E-state index contributed by atoms with van der Waals surface area (Å²) in [5, 5.41) is 18.6. The minimum atomic E-state index is -1.37. The number of benzene rings is 2. The molecule has 6 rings (SSSR count). The van der Waals surface area contributed by atoms with E-state index in [1.165, 1.54) is 6.07 Å². The first-order valence-electron chi connectivity index (χ1n) is 18.7. The number of hydrogen-bond acceptors (Lipinski definition) is 8. The van der Waals surface area contributed by atoms with Crippen molar-refractivity contribution in [3.63, 3.8) is 0 Å². The van der Waals surface area contributed by atoms with E-state index in [2.05, 4.69) is 44.3 Å². The molecule has 1 atom stereocenters. The third-order valence-electron chi connectivity index (χ3n) is 10.3. The van der Waals surface area contributed by atoms with Crippen molar-refractivity contribution < 1.29 is 18.7 Å². The zero-order valence-electron chi connectivity index (χ0n) is 31.2. The molecule has 11 nitrogen and oxygen atoms in total. The molecular weight excluding hydrogens is 659 g/mol. The molecule has 2 aliphatic rings. The summed E-state index contributed by atoms with van der Waals surface area (Å²) in [6, 6.07) is 13.5. The van der Waals surface area contributed by atoms with Crippen LogP contribution < -0.4 is 21.3 Å². The quantitative estimate of drug-likeness (QED) is 0.140. The second-order valence-corrected chi connectivity index (χ2v) is 14.6. The molecule has 4 N–H and O–H groups in total. The number of carbonyl (C=O) groups is 2. The number of aryl methyl sites for hydroxylation is 2. The average Bonchev–Trinajstić information content (AvgIpc) is 3.57. The highest BCUT2D eigenvalue weighted by Crippen LogP contribution is 2.32. The number of nitrogens with one attached hydrogen (secondary N) is 4. The third kappa shape index (κ3) is 8.46. The Balaban J connectivity index is 1.13. The van der Waals surface area contributed by atoms with Gasteiger partial charge in [0.2, 0.25) is 11.8 Å². The number of halogens is 1. The van der Waals surface area contributed by atoms with E-state index in [-0.39, 0.29) is 24.9 Å². The average molecular weight is 713 g/mol. The lowest BCUT2D eigenvalue weighted by Crippen LogP contribution is -2.48. The summed E-state index contributed by atoms with van der Waals surface area (Å²) in [6.07, 6.45) is 4.26. The van der Waals surface area contributed by atoms with Gasteiger partial charge in [0.25, 0.3) is 0 Å². The van der Waals surface area contributed by atoms with Gasteiger partial charge < -0.3 is 26.0 Å². The van der Waals surface area contributed by atoms with E-state index in [0.29, 0.717) is 37.8 Å². The largest absolute Gasteiger partial charge is 0.381 e. The highest BCUT2D eigenvalue weighted by Gasteiger charge is 2.36. The summed E-state index contributed by atoms with van der Waals surface area (Å²) < 4.78 is 22.6. The van der Waals surface area contributed by atoms with E-state index < -0.39 is 17.2 Å². The van der Waals surface area contributed by atoms with Crippen LogP contribution in [0.3, 0.4) is 0 Å². The van der Waals surface area contributed by atoms with Gasteiger partial charge in [-0.3, -0.25) is 14.5 Å². The highest BCUT2D eigenvalue weighted by molar-refractivity contribution is 6.04. The second-order valence-electron chi connectivity index (χ2n) is 14.6. The molecular formula is C40H53FN8O3. The Kier molecular flexibility index (Phi) is 11.9. The summed E-state index contributed by atoms with van der Waals surface area (Å²) >= 11 is 0. The van der Waals surface area contributed by atoms with Crippen molar-refractivity contribution in [1.29, 1.82) is 0 Å². The molecule has 0 spiro atoms. The fourth-order valence-electron chi connectivity index (χ4n) is 7.15. The molecule has 0 saturated carbocycles.